The average Bonchev–Trinajstić information content (AvgIpc) is 2.87. The van der Waals surface area contributed by atoms with Crippen LogP contribution in [-0.2, 0) is 38.0 Å². The maximum Gasteiger partial charge on any atom is 0.256 e. The van der Waals surface area contributed by atoms with Crippen molar-refractivity contribution in [3.63, 3.8) is 0 Å². The highest BCUT2D eigenvalue weighted by atomic mass is 16.7. The van der Waals surface area contributed by atoms with E-state index >= 15 is 0 Å². The Balaban J connectivity index is 1.50. The molecule has 1 amide bonds. The van der Waals surface area contributed by atoms with Gasteiger partial charge in [-0.15, -0.1) is 0 Å². The molecule has 4 aliphatic rings. The minimum atomic E-state index is -1.64. The Bertz CT molecular complexity index is 854. The van der Waals surface area contributed by atoms with Gasteiger partial charge in [-0.3, -0.25) is 4.79 Å². The van der Waals surface area contributed by atoms with Crippen molar-refractivity contribution in [1.82, 2.24) is 5.32 Å². The van der Waals surface area contributed by atoms with Gasteiger partial charge in [-0.2, -0.15) is 0 Å². The molecule has 3 N–H and O–H groups in total. The SMILES string of the molecule is C=C1C[C@](OC)([C@@H](O)C(=O)N[C@H]2OCO[C@H]3[C@@H]2O[C@H](C[C@H]2CCCC(O)O2)C(C)(C)[C@@H]3OC)O[C@H](C)[C@@H]1C. The number of hydrogen-bond acceptors (Lipinski definition) is 10. The first-order chi connectivity index (χ1) is 17.9. The lowest BCUT2D eigenvalue weighted by molar-refractivity contribution is -0.334. The highest BCUT2D eigenvalue weighted by molar-refractivity contribution is 5.82. The molecule has 4 saturated heterocycles. The van der Waals surface area contributed by atoms with Gasteiger partial charge in [0.2, 0.25) is 5.79 Å². The Hall–Kier alpha value is -1.15. The second-order valence-electron chi connectivity index (χ2n) is 11.7. The fourth-order valence-corrected chi connectivity index (χ4v) is 6.22. The number of ether oxygens (including phenoxy) is 7. The lowest BCUT2D eigenvalue weighted by Crippen LogP contribution is -2.69. The molecule has 11 heteroatoms. The molecule has 4 fully saturated rings. The minimum Gasteiger partial charge on any atom is -0.378 e. The largest absolute Gasteiger partial charge is 0.378 e. The van der Waals surface area contributed by atoms with Gasteiger partial charge >= 0.3 is 0 Å². The van der Waals surface area contributed by atoms with E-state index in [9.17, 15) is 15.0 Å². The first-order valence-electron chi connectivity index (χ1n) is 13.6. The summed E-state index contributed by atoms with van der Waals surface area (Å²) in [6.45, 7) is 12.0. The van der Waals surface area contributed by atoms with Crippen molar-refractivity contribution in [1.29, 1.82) is 0 Å². The number of aliphatic hydroxyl groups excluding tert-OH is 2. The third-order valence-electron chi connectivity index (χ3n) is 8.87. The van der Waals surface area contributed by atoms with Gasteiger partial charge in [0.25, 0.3) is 5.91 Å². The van der Waals surface area contributed by atoms with Crippen LogP contribution in [0.1, 0.15) is 59.8 Å². The molecule has 11 atom stereocenters. The Labute approximate surface area is 225 Å². The topological polar surface area (TPSA) is 134 Å². The maximum atomic E-state index is 13.4. The second kappa shape index (κ2) is 11.8. The van der Waals surface area contributed by atoms with E-state index in [0.29, 0.717) is 12.8 Å². The smallest absolute Gasteiger partial charge is 0.256 e. The molecule has 0 aromatic heterocycles. The van der Waals surface area contributed by atoms with E-state index in [2.05, 4.69) is 25.7 Å². The molecular weight excluding hydrogens is 498 g/mol. The molecule has 4 rings (SSSR count). The minimum absolute atomic E-state index is 0.0595. The molecule has 4 aliphatic heterocycles. The van der Waals surface area contributed by atoms with Crippen molar-refractivity contribution < 1.29 is 48.2 Å². The van der Waals surface area contributed by atoms with Crippen LogP contribution in [0.3, 0.4) is 0 Å². The molecule has 0 bridgehead atoms. The van der Waals surface area contributed by atoms with Gasteiger partial charge in [0.15, 0.2) is 18.6 Å². The fourth-order valence-electron chi connectivity index (χ4n) is 6.22. The molecule has 0 radical (unpaired) electrons. The lowest BCUT2D eigenvalue weighted by Gasteiger charge is -2.54. The second-order valence-corrected chi connectivity index (χ2v) is 11.7. The summed E-state index contributed by atoms with van der Waals surface area (Å²) in [4.78, 5) is 13.4. The standard InChI is InChI=1S/C27H45NO10/c1-14-12-27(33-7,38-16(3)15(14)2)22(30)24(31)28-25-21-20(34-13-35-25)23(32-6)26(4,5)18(37-21)11-17-9-8-10-19(29)36-17/h15-23,25,29-30H,1,8-13H2,2-7H3,(H,28,31)/t15-,16-,17-,18-,19?,20+,21+,22+,23-,25+,27-/m1/s1. The van der Waals surface area contributed by atoms with E-state index in [4.69, 9.17) is 33.2 Å². The summed E-state index contributed by atoms with van der Waals surface area (Å²) in [7, 11) is 3.03. The fraction of sp³-hybridized carbons (Fsp3) is 0.889. The zero-order valence-corrected chi connectivity index (χ0v) is 23.4. The molecule has 11 nitrogen and oxygen atoms in total. The molecule has 4 heterocycles. The van der Waals surface area contributed by atoms with Crippen molar-refractivity contribution in [2.45, 2.75) is 121 Å². The van der Waals surface area contributed by atoms with Gasteiger partial charge in [-0.25, -0.2) is 0 Å². The number of aliphatic hydroxyl groups is 2. The van der Waals surface area contributed by atoms with Gasteiger partial charge in [-0.1, -0.05) is 32.9 Å². The summed E-state index contributed by atoms with van der Waals surface area (Å²) >= 11 is 0. The van der Waals surface area contributed by atoms with Gasteiger partial charge in [-0.05, 0) is 26.2 Å². The van der Waals surface area contributed by atoms with Crippen molar-refractivity contribution >= 4 is 5.91 Å². The van der Waals surface area contributed by atoms with Crippen molar-refractivity contribution in [3.05, 3.63) is 12.2 Å². The molecule has 218 valence electrons. The zero-order valence-electron chi connectivity index (χ0n) is 23.4. The summed E-state index contributed by atoms with van der Waals surface area (Å²) in [5, 5.41) is 23.9. The van der Waals surface area contributed by atoms with Crippen LogP contribution < -0.4 is 5.32 Å². The van der Waals surface area contributed by atoms with Crippen molar-refractivity contribution in [3.8, 4) is 0 Å². The van der Waals surface area contributed by atoms with Gasteiger partial charge in [0.1, 0.15) is 19.0 Å². The number of nitrogens with one attached hydrogen (secondary N) is 1. The molecule has 1 unspecified atom stereocenters. The predicted molar refractivity (Wildman–Crippen MR) is 135 cm³/mol. The number of carbonyl (C=O) groups excluding carboxylic acids is 1. The van der Waals surface area contributed by atoms with E-state index in [-0.39, 0.29) is 43.5 Å². The maximum absolute atomic E-state index is 13.4. The Kier molecular flexibility index (Phi) is 9.23. The molecular formula is C27H45NO10. The van der Waals surface area contributed by atoms with E-state index in [1.165, 1.54) is 7.11 Å². The quantitative estimate of drug-likeness (QED) is 0.407. The summed E-state index contributed by atoms with van der Waals surface area (Å²) < 4.78 is 41.5. The van der Waals surface area contributed by atoms with Crippen LogP contribution in [0, 0.1) is 11.3 Å². The van der Waals surface area contributed by atoms with Gasteiger partial charge in [0.05, 0.1) is 24.4 Å². The highest BCUT2D eigenvalue weighted by Gasteiger charge is 2.57. The van der Waals surface area contributed by atoms with Gasteiger partial charge < -0.3 is 48.7 Å². The third-order valence-corrected chi connectivity index (χ3v) is 8.87. The highest BCUT2D eigenvalue weighted by Crippen LogP contribution is 2.44. The molecule has 0 aromatic rings. The number of methoxy groups -OCH3 is 2. The Morgan fingerprint density at radius 1 is 1.18 bits per heavy atom. The normalized spacial score (nSPS) is 44.2. The molecule has 0 aromatic carbocycles. The summed E-state index contributed by atoms with van der Waals surface area (Å²) in [5.74, 6) is -2.22. The van der Waals surface area contributed by atoms with E-state index in [0.717, 1.165) is 18.4 Å². The number of amides is 1. The molecule has 38 heavy (non-hydrogen) atoms. The Morgan fingerprint density at radius 2 is 1.92 bits per heavy atom. The summed E-state index contributed by atoms with van der Waals surface area (Å²) in [6, 6.07) is 0. The van der Waals surface area contributed by atoms with Crippen LogP contribution in [0.15, 0.2) is 12.2 Å². The zero-order chi connectivity index (χ0) is 27.8. The summed E-state index contributed by atoms with van der Waals surface area (Å²) in [6.07, 6.45) is -2.72. The number of fused-ring (bicyclic) bond motifs is 1. The average molecular weight is 544 g/mol. The monoisotopic (exact) mass is 543 g/mol. The van der Waals surface area contributed by atoms with E-state index < -0.39 is 47.9 Å². The van der Waals surface area contributed by atoms with E-state index in [1.807, 2.05) is 13.8 Å². The first kappa shape index (κ1) is 29.8. The molecule has 0 spiro atoms. The van der Waals surface area contributed by atoms with E-state index in [1.54, 1.807) is 7.11 Å². The van der Waals surface area contributed by atoms with Crippen LogP contribution in [0.25, 0.3) is 0 Å². The summed E-state index contributed by atoms with van der Waals surface area (Å²) in [5.41, 5.74) is 0.370. The molecule has 0 aliphatic carbocycles. The predicted octanol–water partition coefficient (Wildman–Crippen LogP) is 1.59. The number of rotatable bonds is 7. The first-order valence-corrected chi connectivity index (χ1v) is 13.6. The van der Waals surface area contributed by atoms with Crippen LogP contribution in [0.2, 0.25) is 0 Å². The number of hydrogen-bond donors (Lipinski definition) is 3. The third kappa shape index (κ3) is 5.68. The Morgan fingerprint density at radius 3 is 2.55 bits per heavy atom. The lowest BCUT2D eigenvalue weighted by atomic mass is 9.72. The van der Waals surface area contributed by atoms with Crippen LogP contribution >= 0.6 is 0 Å². The van der Waals surface area contributed by atoms with Crippen molar-refractivity contribution in [2.75, 3.05) is 21.0 Å². The van der Waals surface area contributed by atoms with Crippen molar-refractivity contribution in [2.24, 2.45) is 11.3 Å². The van der Waals surface area contributed by atoms with Crippen LogP contribution in [0.4, 0.5) is 0 Å². The van der Waals surface area contributed by atoms with Crippen LogP contribution in [-0.4, -0.2) is 98.2 Å². The number of carbonyl (C=O) groups is 1. The molecule has 0 saturated carbocycles. The van der Waals surface area contributed by atoms with Gasteiger partial charge in [0, 0.05) is 38.4 Å². The van der Waals surface area contributed by atoms with Crippen LogP contribution in [0.5, 0.6) is 0 Å².